The van der Waals surface area contributed by atoms with Crippen LogP contribution in [0.5, 0.6) is 11.5 Å². The summed E-state index contributed by atoms with van der Waals surface area (Å²) in [4.78, 5) is 11.1. The van der Waals surface area contributed by atoms with Crippen LogP contribution in [0.25, 0.3) is 5.69 Å². The van der Waals surface area contributed by atoms with Crippen LogP contribution in [0.15, 0.2) is 122 Å². The number of rotatable bonds is 6. The molecular formula is C29H23N5OS. The van der Waals surface area contributed by atoms with Crippen LogP contribution in [0.2, 0.25) is 0 Å². The molecule has 0 radical (unpaired) electrons. The van der Waals surface area contributed by atoms with Gasteiger partial charge in [0, 0.05) is 30.0 Å². The number of nitrogens with one attached hydrogen (secondary N) is 1. The minimum atomic E-state index is -0.136. The van der Waals surface area contributed by atoms with Crippen molar-refractivity contribution in [2.45, 2.75) is 12.1 Å². The highest BCUT2D eigenvalue weighted by Gasteiger charge is 2.42. The van der Waals surface area contributed by atoms with Gasteiger partial charge in [-0.05, 0) is 85.0 Å². The lowest BCUT2D eigenvalue weighted by molar-refractivity contribution is 0.482. The van der Waals surface area contributed by atoms with Crippen LogP contribution < -0.4 is 15.0 Å². The fourth-order valence-electron chi connectivity index (χ4n) is 4.60. The predicted molar refractivity (Wildman–Crippen MR) is 144 cm³/mol. The standard InChI is InChI=1S/C29H23N5OS/c36-29-32-27(25-11-4-5-18-31-25)28(26-12-7-19-33(26)22-8-6-17-30-20-22)34(29)21-13-15-24(16-14-21)35-23-9-2-1-3-10-23/h1-20,27-28H,(H,32,36)/t27-,28+/m0/s1. The Hall–Kier alpha value is -4.49. The fraction of sp³-hybridized carbons (Fsp3) is 0.0690. The largest absolute Gasteiger partial charge is 0.457 e. The second-order valence-corrected chi connectivity index (χ2v) is 8.81. The SMILES string of the molecule is S=C1N[C@@H](c2ccccn2)[C@@H](c2cccn2-c2cccnc2)N1c1ccc(Oc2ccccc2)cc1. The van der Waals surface area contributed by atoms with Crippen molar-refractivity contribution < 1.29 is 4.74 Å². The normalized spacial score (nSPS) is 17.1. The average Bonchev–Trinajstić information content (AvgIpc) is 3.55. The lowest BCUT2D eigenvalue weighted by Gasteiger charge is -2.29. The van der Waals surface area contributed by atoms with Crippen LogP contribution >= 0.6 is 12.2 Å². The molecule has 0 spiro atoms. The minimum Gasteiger partial charge on any atom is -0.457 e. The first-order valence-electron chi connectivity index (χ1n) is 11.7. The maximum atomic E-state index is 6.00. The Balaban J connectivity index is 1.40. The van der Waals surface area contributed by atoms with Crippen LogP contribution in [-0.2, 0) is 0 Å². The minimum absolute atomic E-state index is 0.135. The van der Waals surface area contributed by atoms with Gasteiger partial charge in [0.1, 0.15) is 17.5 Å². The molecule has 1 aliphatic heterocycles. The molecule has 4 heterocycles. The third kappa shape index (κ3) is 4.21. The lowest BCUT2D eigenvalue weighted by atomic mass is 10.0. The topological polar surface area (TPSA) is 55.2 Å². The Kier molecular flexibility index (Phi) is 5.89. The maximum absolute atomic E-state index is 6.00. The van der Waals surface area contributed by atoms with Crippen molar-refractivity contribution in [1.82, 2.24) is 19.9 Å². The van der Waals surface area contributed by atoms with E-state index >= 15 is 0 Å². The van der Waals surface area contributed by atoms with Gasteiger partial charge < -0.3 is 19.5 Å². The molecule has 7 heteroatoms. The van der Waals surface area contributed by atoms with E-state index in [1.807, 2.05) is 103 Å². The van der Waals surface area contributed by atoms with Gasteiger partial charge in [0.2, 0.25) is 0 Å². The molecule has 0 unspecified atom stereocenters. The molecule has 3 aromatic heterocycles. The zero-order valence-corrected chi connectivity index (χ0v) is 20.1. The maximum Gasteiger partial charge on any atom is 0.174 e. The van der Waals surface area contributed by atoms with Gasteiger partial charge in [0.15, 0.2) is 5.11 Å². The van der Waals surface area contributed by atoms with E-state index in [2.05, 4.69) is 37.0 Å². The van der Waals surface area contributed by atoms with E-state index in [1.165, 1.54) is 0 Å². The first-order chi connectivity index (χ1) is 17.8. The van der Waals surface area contributed by atoms with Gasteiger partial charge in [0.05, 0.1) is 23.6 Å². The van der Waals surface area contributed by atoms with Crippen molar-refractivity contribution in [3.8, 4) is 17.2 Å². The van der Waals surface area contributed by atoms with Crippen molar-refractivity contribution in [3.05, 3.63) is 133 Å². The van der Waals surface area contributed by atoms with E-state index in [1.54, 1.807) is 6.20 Å². The van der Waals surface area contributed by atoms with Gasteiger partial charge in [-0.1, -0.05) is 24.3 Å². The molecule has 0 amide bonds. The Bertz CT molecular complexity index is 1460. The predicted octanol–water partition coefficient (Wildman–Crippen LogP) is 6.24. The van der Waals surface area contributed by atoms with Gasteiger partial charge in [-0.3, -0.25) is 9.97 Å². The number of hydrogen-bond donors (Lipinski definition) is 1. The van der Waals surface area contributed by atoms with Crippen molar-refractivity contribution in [2.75, 3.05) is 4.90 Å². The summed E-state index contributed by atoms with van der Waals surface area (Å²) in [5.41, 5.74) is 3.96. The summed E-state index contributed by atoms with van der Waals surface area (Å²) < 4.78 is 8.16. The van der Waals surface area contributed by atoms with E-state index in [-0.39, 0.29) is 12.1 Å². The summed E-state index contributed by atoms with van der Waals surface area (Å²) in [5, 5.41) is 4.17. The van der Waals surface area contributed by atoms with Crippen LogP contribution in [0.4, 0.5) is 5.69 Å². The molecule has 6 rings (SSSR count). The molecule has 1 N–H and O–H groups in total. The Morgan fingerprint density at radius 1 is 0.750 bits per heavy atom. The summed E-state index contributed by atoms with van der Waals surface area (Å²) in [7, 11) is 0. The molecule has 1 fully saturated rings. The van der Waals surface area contributed by atoms with Crippen molar-refractivity contribution in [3.63, 3.8) is 0 Å². The van der Waals surface area contributed by atoms with Gasteiger partial charge in [-0.15, -0.1) is 0 Å². The van der Waals surface area contributed by atoms with Gasteiger partial charge >= 0.3 is 0 Å². The van der Waals surface area contributed by atoms with E-state index in [0.29, 0.717) is 5.11 Å². The summed E-state index contributed by atoms with van der Waals surface area (Å²) in [6, 6.07) is 31.6. The first-order valence-corrected chi connectivity index (χ1v) is 12.1. The second-order valence-electron chi connectivity index (χ2n) is 8.42. The molecule has 0 aliphatic carbocycles. The highest BCUT2D eigenvalue weighted by atomic mass is 32.1. The molecule has 0 bridgehead atoms. The van der Waals surface area contributed by atoms with Crippen LogP contribution in [-0.4, -0.2) is 19.6 Å². The number of para-hydroxylation sites is 1. The number of nitrogens with zero attached hydrogens (tertiary/aromatic N) is 4. The van der Waals surface area contributed by atoms with Crippen LogP contribution in [0.1, 0.15) is 23.5 Å². The summed E-state index contributed by atoms with van der Waals surface area (Å²) in [5.74, 6) is 1.56. The molecule has 2 atom stereocenters. The van der Waals surface area contributed by atoms with Crippen LogP contribution in [0.3, 0.4) is 0 Å². The fourth-order valence-corrected chi connectivity index (χ4v) is 4.95. The molecule has 0 saturated carbocycles. The Morgan fingerprint density at radius 2 is 1.56 bits per heavy atom. The van der Waals surface area contributed by atoms with E-state index < -0.39 is 0 Å². The number of pyridine rings is 2. The quantitative estimate of drug-likeness (QED) is 0.285. The number of thiocarbonyl (C=S) groups is 1. The zero-order chi connectivity index (χ0) is 24.3. The summed E-state index contributed by atoms with van der Waals surface area (Å²) >= 11 is 5.88. The van der Waals surface area contributed by atoms with E-state index in [4.69, 9.17) is 17.0 Å². The molecule has 5 aromatic rings. The number of anilines is 1. The average molecular weight is 490 g/mol. The Morgan fingerprint density at radius 3 is 2.31 bits per heavy atom. The number of hydrogen-bond acceptors (Lipinski definition) is 4. The molecule has 2 aromatic carbocycles. The van der Waals surface area contributed by atoms with E-state index in [9.17, 15) is 0 Å². The third-order valence-electron chi connectivity index (χ3n) is 6.20. The summed E-state index contributed by atoms with van der Waals surface area (Å²) in [6.45, 7) is 0. The van der Waals surface area contributed by atoms with Crippen LogP contribution in [0, 0.1) is 0 Å². The summed E-state index contributed by atoms with van der Waals surface area (Å²) in [6.07, 6.45) is 7.51. The molecule has 6 nitrogen and oxygen atoms in total. The monoisotopic (exact) mass is 489 g/mol. The van der Waals surface area contributed by atoms with E-state index in [0.717, 1.165) is 34.3 Å². The van der Waals surface area contributed by atoms with Crippen molar-refractivity contribution >= 4 is 23.0 Å². The number of aromatic nitrogens is 3. The second kappa shape index (κ2) is 9.64. The molecule has 1 aliphatic rings. The lowest BCUT2D eigenvalue weighted by Crippen LogP contribution is -2.30. The highest BCUT2D eigenvalue weighted by molar-refractivity contribution is 7.80. The third-order valence-corrected chi connectivity index (χ3v) is 6.51. The molecule has 36 heavy (non-hydrogen) atoms. The van der Waals surface area contributed by atoms with Crippen molar-refractivity contribution in [2.24, 2.45) is 0 Å². The Labute approximate surface area is 214 Å². The van der Waals surface area contributed by atoms with Gasteiger partial charge in [-0.25, -0.2) is 0 Å². The number of ether oxygens (including phenoxy) is 1. The zero-order valence-electron chi connectivity index (χ0n) is 19.3. The van der Waals surface area contributed by atoms with Crippen molar-refractivity contribution in [1.29, 1.82) is 0 Å². The van der Waals surface area contributed by atoms with Gasteiger partial charge in [-0.2, -0.15) is 0 Å². The van der Waals surface area contributed by atoms with Gasteiger partial charge in [0.25, 0.3) is 0 Å². The first kappa shape index (κ1) is 22.0. The molecule has 1 saturated heterocycles. The molecule has 176 valence electrons. The highest BCUT2D eigenvalue weighted by Crippen LogP contribution is 2.42. The molecular weight excluding hydrogens is 466 g/mol. The number of benzene rings is 2. The smallest absolute Gasteiger partial charge is 0.174 e.